The smallest absolute Gasteiger partial charge is 0.242 e. The van der Waals surface area contributed by atoms with Crippen LogP contribution < -0.4 is 11.1 Å². The average molecular weight is 295 g/mol. The zero-order chi connectivity index (χ0) is 14.8. The summed E-state index contributed by atoms with van der Waals surface area (Å²) >= 11 is 0. The highest BCUT2D eigenvalue weighted by atomic mass is 32.2. The Morgan fingerprint density at radius 3 is 2.60 bits per heavy atom. The van der Waals surface area contributed by atoms with E-state index in [9.17, 15) is 8.42 Å². The van der Waals surface area contributed by atoms with Crippen molar-refractivity contribution in [3.05, 3.63) is 30.4 Å². The van der Waals surface area contributed by atoms with Crippen molar-refractivity contribution >= 4 is 21.4 Å². The van der Waals surface area contributed by atoms with Gasteiger partial charge in [-0.25, -0.2) is 12.7 Å². The van der Waals surface area contributed by atoms with Crippen LogP contribution in [0.15, 0.2) is 35.2 Å². The number of sulfonamides is 1. The number of anilines is 2. The maximum absolute atomic E-state index is 12.0. The highest BCUT2D eigenvalue weighted by Gasteiger charge is 2.19. The molecule has 1 atom stereocenters. The van der Waals surface area contributed by atoms with Crippen molar-refractivity contribution in [1.29, 1.82) is 0 Å². The maximum atomic E-state index is 12.0. The molecule has 0 amide bonds. The zero-order valence-corrected chi connectivity index (χ0v) is 12.7. The van der Waals surface area contributed by atoms with Gasteiger partial charge in [0.1, 0.15) is 0 Å². The third-order valence-corrected chi connectivity index (χ3v) is 5.24. The van der Waals surface area contributed by atoms with Crippen LogP contribution >= 0.6 is 0 Å². The highest BCUT2D eigenvalue weighted by molar-refractivity contribution is 7.89. The van der Waals surface area contributed by atoms with Crippen molar-refractivity contribution < 1.29 is 8.42 Å². The third-order valence-electron chi connectivity index (χ3n) is 3.43. The molecule has 0 fully saturated rings. The Hall–Kier alpha value is -1.53. The standard InChI is InChI=1S/C14H21N3O2S/c1-17(2)20(18,19)12-8-9-14(13(15)10-12)16-11-6-4-3-5-7-11/h3-4,8-11,16H,5-7,15H2,1-2H3. The van der Waals surface area contributed by atoms with Crippen molar-refractivity contribution in [3.8, 4) is 0 Å². The lowest BCUT2D eigenvalue weighted by atomic mass is 10.0. The summed E-state index contributed by atoms with van der Waals surface area (Å²) in [6.07, 6.45) is 7.42. The van der Waals surface area contributed by atoms with E-state index in [4.69, 9.17) is 5.73 Å². The molecule has 6 heteroatoms. The number of hydrogen-bond donors (Lipinski definition) is 2. The van der Waals surface area contributed by atoms with Crippen LogP contribution in [0.5, 0.6) is 0 Å². The topological polar surface area (TPSA) is 75.4 Å². The second-order valence-electron chi connectivity index (χ2n) is 5.16. The summed E-state index contributed by atoms with van der Waals surface area (Å²) in [5, 5.41) is 3.37. The van der Waals surface area contributed by atoms with Gasteiger partial charge in [0, 0.05) is 20.1 Å². The molecule has 5 nitrogen and oxygen atoms in total. The van der Waals surface area contributed by atoms with Gasteiger partial charge in [-0.3, -0.25) is 0 Å². The van der Waals surface area contributed by atoms with E-state index < -0.39 is 10.0 Å². The van der Waals surface area contributed by atoms with Crippen LogP contribution in [0.4, 0.5) is 11.4 Å². The fraction of sp³-hybridized carbons (Fsp3) is 0.429. The van der Waals surface area contributed by atoms with Crippen molar-refractivity contribution in [2.24, 2.45) is 0 Å². The van der Waals surface area contributed by atoms with Crippen LogP contribution in [0.2, 0.25) is 0 Å². The lowest BCUT2D eigenvalue weighted by molar-refractivity contribution is 0.521. The second kappa shape index (κ2) is 5.85. The number of rotatable bonds is 4. The van der Waals surface area contributed by atoms with Crippen LogP contribution in [0.3, 0.4) is 0 Å². The predicted molar refractivity (Wildman–Crippen MR) is 82.1 cm³/mol. The summed E-state index contributed by atoms with van der Waals surface area (Å²) in [5.74, 6) is 0. The van der Waals surface area contributed by atoms with Gasteiger partial charge in [0.2, 0.25) is 10.0 Å². The first-order valence-corrected chi connectivity index (χ1v) is 8.09. The summed E-state index contributed by atoms with van der Waals surface area (Å²) in [7, 11) is -0.423. The van der Waals surface area contributed by atoms with Gasteiger partial charge in [-0.1, -0.05) is 12.2 Å². The molecule has 1 unspecified atom stereocenters. The minimum absolute atomic E-state index is 0.217. The summed E-state index contributed by atoms with van der Waals surface area (Å²) in [6.45, 7) is 0. The molecule has 0 aromatic heterocycles. The molecule has 1 aromatic carbocycles. The summed E-state index contributed by atoms with van der Waals surface area (Å²) in [4.78, 5) is 0.217. The number of hydrogen-bond acceptors (Lipinski definition) is 4. The number of nitrogen functional groups attached to an aromatic ring is 1. The van der Waals surface area contributed by atoms with E-state index in [-0.39, 0.29) is 4.90 Å². The molecule has 1 aliphatic carbocycles. The van der Waals surface area contributed by atoms with Crippen molar-refractivity contribution in [3.63, 3.8) is 0 Å². The number of nitrogens with two attached hydrogens (primary N) is 1. The molecule has 0 heterocycles. The Labute approximate surface area is 120 Å². The van der Waals surface area contributed by atoms with Gasteiger partial charge in [-0.2, -0.15) is 0 Å². The highest BCUT2D eigenvalue weighted by Crippen LogP contribution is 2.26. The van der Waals surface area contributed by atoms with E-state index in [1.807, 2.05) is 0 Å². The van der Waals surface area contributed by atoms with Crippen LogP contribution in [0, 0.1) is 0 Å². The summed E-state index contributed by atoms with van der Waals surface area (Å²) in [6, 6.07) is 5.20. The number of nitrogens with zero attached hydrogens (tertiary/aromatic N) is 1. The van der Waals surface area contributed by atoms with Crippen LogP contribution in [0.25, 0.3) is 0 Å². The summed E-state index contributed by atoms with van der Waals surface area (Å²) < 4.78 is 25.2. The molecule has 0 radical (unpaired) electrons. The molecule has 0 aliphatic heterocycles. The normalized spacial score (nSPS) is 19.2. The van der Waals surface area contributed by atoms with E-state index in [0.717, 1.165) is 24.9 Å². The van der Waals surface area contributed by atoms with E-state index >= 15 is 0 Å². The largest absolute Gasteiger partial charge is 0.397 e. The fourth-order valence-electron chi connectivity index (χ4n) is 2.19. The molecule has 3 N–H and O–H groups in total. The van der Waals surface area contributed by atoms with Gasteiger partial charge >= 0.3 is 0 Å². The van der Waals surface area contributed by atoms with Crippen LogP contribution in [-0.4, -0.2) is 32.9 Å². The van der Waals surface area contributed by atoms with Gasteiger partial charge in [-0.15, -0.1) is 0 Å². The minimum atomic E-state index is -3.43. The van der Waals surface area contributed by atoms with Gasteiger partial charge in [-0.05, 0) is 37.5 Å². The molecule has 0 saturated heterocycles. The van der Waals surface area contributed by atoms with Crippen LogP contribution in [-0.2, 0) is 10.0 Å². The molecule has 1 aromatic rings. The molecule has 20 heavy (non-hydrogen) atoms. The second-order valence-corrected chi connectivity index (χ2v) is 7.31. The van der Waals surface area contributed by atoms with Crippen molar-refractivity contribution in [2.75, 3.05) is 25.1 Å². The van der Waals surface area contributed by atoms with Gasteiger partial charge in [0.05, 0.1) is 16.3 Å². The first-order chi connectivity index (χ1) is 9.41. The lowest BCUT2D eigenvalue weighted by Crippen LogP contribution is -2.23. The Morgan fingerprint density at radius 1 is 1.30 bits per heavy atom. The molecule has 0 spiro atoms. The van der Waals surface area contributed by atoms with E-state index in [1.165, 1.54) is 24.5 Å². The molecular weight excluding hydrogens is 274 g/mol. The van der Waals surface area contributed by atoms with E-state index in [1.54, 1.807) is 12.1 Å². The molecule has 1 aliphatic rings. The SMILES string of the molecule is CN(C)S(=O)(=O)c1ccc(NC2CC=CCC2)c(N)c1. The molecule has 0 saturated carbocycles. The van der Waals surface area contributed by atoms with Gasteiger partial charge in [0.15, 0.2) is 0 Å². The quantitative estimate of drug-likeness (QED) is 0.658. The van der Waals surface area contributed by atoms with E-state index in [2.05, 4.69) is 17.5 Å². The average Bonchev–Trinajstić information content (AvgIpc) is 2.42. The van der Waals surface area contributed by atoms with Gasteiger partial charge in [0.25, 0.3) is 0 Å². The molecule has 0 bridgehead atoms. The van der Waals surface area contributed by atoms with E-state index in [0.29, 0.717) is 11.7 Å². The zero-order valence-electron chi connectivity index (χ0n) is 11.8. The lowest BCUT2D eigenvalue weighted by Gasteiger charge is -2.22. The Balaban J connectivity index is 2.20. The minimum Gasteiger partial charge on any atom is -0.397 e. The first-order valence-electron chi connectivity index (χ1n) is 6.65. The Kier molecular flexibility index (Phi) is 4.35. The van der Waals surface area contributed by atoms with Gasteiger partial charge < -0.3 is 11.1 Å². The van der Waals surface area contributed by atoms with Crippen molar-refractivity contribution in [1.82, 2.24) is 4.31 Å². The fourth-order valence-corrected chi connectivity index (χ4v) is 3.13. The summed E-state index contributed by atoms with van der Waals surface area (Å²) in [5.41, 5.74) is 7.23. The maximum Gasteiger partial charge on any atom is 0.242 e. The number of nitrogens with one attached hydrogen (secondary N) is 1. The first kappa shape index (κ1) is 14.9. The monoisotopic (exact) mass is 295 g/mol. The number of allylic oxidation sites excluding steroid dienone is 1. The Bertz CT molecular complexity index is 609. The molecule has 110 valence electrons. The predicted octanol–water partition coefficient (Wildman–Crippen LogP) is 2.04. The Morgan fingerprint density at radius 2 is 2.05 bits per heavy atom. The molecular formula is C14H21N3O2S. The third kappa shape index (κ3) is 3.13. The van der Waals surface area contributed by atoms with Crippen LogP contribution in [0.1, 0.15) is 19.3 Å². The number of benzene rings is 1. The molecule has 2 rings (SSSR count). The van der Waals surface area contributed by atoms with Crippen molar-refractivity contribution in [2.45, 2.75) is 30.2 Å².